The minimum Gasteiger partial charge on any atom is -0.447 e. The van der Waals surface area contributed by atoms with Gasteiger partial charge in [0.05, 0.1) is 5.54 Å². The first-order valence-electron chi connectivity index (χ1n) is 4.80. The molecule has 78 valence electrons. The highest BCUT2D eigenvalue weighted by molar-refractivity contribution is 9.10. The Bertz CT molecular complexity index is 414. The fourth-order valence-electron chi connectivity index (χ4n) is 1.87. The summed E-state index contributed by atoms with van der Waals surface area (Å²) in [6.07, 6.45) is 3.44. The standard InChI is InChI=1S/C10H9BrN2O2/c11-7-1-2-8(12-5-7)13-9(14)15-6-10(13)3-4-10/h1-2,5H,3-4,6H2. The van der Waals surface area contributed by atoms with Gasteiger partial charge >= 0.3 is 6.09 Å². The third kappa shape index (κ3) is 1.33. The summed E-state index contributed by atoms with van der Waals surface area (Å²) in [5.74, 6) is 0.679. The average Bonchev–Trinajstić information content (AvgIpc) is 2.92. The summed E-state index contributed by atoms with van der Waals surface area (Å²) in [6, 6.07) is 3.71. The summed E-state index contributed by atoms with van der Waals surface area (Å²) in [6.45, 7) is 0.504. The number of carbonyl (C=O) groups excluding carboxylic acids is 1. The van der Waals surface area contributed by atoms with Crippen molar-refractivity contribution < 1.29 is 9.53 Å². The maximum Gasteiger partial charge on any atom is 0.416 e. The number of anilines is 1. The molecular weight excluding hydrogens is 260 g/mol. The van der Waals surface area contributed by atoms with E-state index in [9.17, 15) is 4.79 Å². The number of nitrogens with zero attached hydrogens (tertiary/aromatic N) is 2. The van der Waals surface area contributed by atoms with E-state index in [1.165, 1.54) is 0 Å². The van der Waals surface area contributed by atoms with Gasteiger partial charge in [0.1, 0.15) is 12.4 Å². The predicted octanol–water partition coefficient (Wildman–Crippen LogP) is 2.33. The van der Waals surface area contributed by atoms with Crippen LogP contribution >= 0.6 is 15.9 Å². The van der Waals surface area contributed by atoms with Crippen LogP contribution in [0.3, 0.4) is 0 Å². The molecule has 0 unspecified atom stereocenters. The summed E-state index contributed by atoms with van der Waals surface area (Å²) in [4.78, 5) is 17.5. The zero-order valence-electron chi connectivity index (χ0n) is 7.94. The van der Waals surface area contributed by atoms with Crippen LogP contribution < -0.4 is 4.90 Å². The molecule has 0 radical (unpaired) electrons. The van der Waals surface area contributed by atoms with Gasteiger partial charge in [-0.1, -0.05) is 0 Å². The monoisotopic (exact) mass is 268 g/mol. The molecule has 1 aliphatic heterocycles. The van der Waals surface area contributed by atoms with Crippen LogP contribution in [-0.2, 0) is 4.74 Å². The van der Waals surface area contributed by atoms with E-state index in [-0.39, 0.29) is 11.6 Å². The van der Waals surface area contributed by atoms with Crippen molar-refractivity contribution in [2.24, 2.45) is 0 Å². The normalized spacial score (nSPS) is 21.9. The molecule has 1 spiro atoms. The van der Waals surface area contributed by atoms with Crippen LogP contribution in [0.15, 0.2) is 22.8 Å². The van der Waals surface area contributed by atoms with E-state index in [0.29, 0.717) is 12.4 Å². The molecule has 0 aromatic carbocycles. The summed E-state index contributed by atoms with van der Waals surface area (Å²) in [7, 11) is 0. The highest BCUT2D eigenvalue weighted by atomic mass is 79.9. The molecule has 0 N–H and O–H groups in total. The van der Waals surface area contributed by atoms with Gasteiger partial charge < -0.3 is 4.74 Å². The minimum absolute atomic E-state index is 0.0854. The van der Waals surface area contributed by atoms with Gasteiger partial charge in [0.15, 0.2) is 0 Å². The largest absolute Gasteiger partial charge is 0.447 e. The maximum atomic E-state index is 11.6. The number of ether oxygens (including phenoxy) is 1. The fourth-order valence-corrected chi connectivity index (χ4v) is 2.10. The number of hydrogen-bond donors (Lipinski definition) is 0. The third-order valence-corrected chi connectivity index (χ3v) is 3.36. The Morgan fingerprint density at radius 1 is 1.47 bits per heavy atom. The lowest BCUT2D eigenvalue weighted by atomic mass is 10.2. The number of amides is 1. The van der Waals surface area contributed by atoms with Crippen molar-refractivity contribution in [2.75, 3.05) is 11.5 Å². The second kappa shape index (κ2) is 2.95. The zero-order valence-corrected chi connectivity index (χ0v) is 9.53. The van der Waals surface area contributed by atoms with Crippen LogP contribution in [0.2, 0.25) is 0 Å². The number of rotatable bonds is 1. The molecule has 1 saturated carbocycles. The lowest BCUT2D eigenvalue weighted by Crippen LogP contribution is -2.35. The van der Waals surface area contributed by atoms with Gasteiger partial charge in [0, 0.05) is 10.7 Å². The molecule has 2 aliphatic rings. The van der Waals surface area contributed by atoms with E-state index in [0.717, 1.165) is 17.3 Å². The predicted molar refractivity (Wildman–Crippen MR) is 57.7 cm³/mol. The van der Waals surface area contributed by atoms with Gasteiger partial charge in [-0.3, -0.25) is 4.90 Å². The summed E-state index contributed by atoms with van der Waals surface area (Å²) < 4.78 is 5.97. The molecule has 1 aliphatic carbocycles. The van der Waals surface area contributed by atoms with Crippen LogP contribution in [0.4, 0.5) is 10.6 Å². The lowest BCUT2D eigenvalue weighted by Gasteiger charge is -2.19. The van der Waals surface area contributed by atoms with E-state index in [1.807, 2.05) is 12.1 Å². The Kier molecular flexibility index (Phi) is 1.80. The molecule has 1 aromatic heterocycles. The topological polar surface area (TPSA) is 42.4 Å². The molecule has 1 saturated heterocycles. The van der Waals surface area contributed by atoms with E-state index in [1.54, 1.807) is 11.1 Å². The van der Waals surface area contributed by atoms with Crippen molar-refractivity contribution in [3.05, 3.63) is 22.8 Å². The van der Waals surface area contributed by atoms with Crippen molar-refractivity contribution >= 4 is 27.8 Å². The van der Waals surface area contributed by atoms with Gasteiger partial charge in [-0.05, 0) is 40.9 Å². The number of pyridine rings is 1. The van der Waals surface area contributed by atoms with Gasteiger partial charge in [0.25, 0.3) is 0 Å². The molecule has 2 heterocycles. The molecule has 15 heavy (non-hydrogen) atoms. The molecule has 2 fully saturated rings. The van der Waals surface area contributed by atoms with Crippen molar-refractivity contribution in [2.45, 2.75) is 18.4 Å². The molecule has 0 atom stereocenters. The van der Waals surface area contributed by atoms with Crippen LogP contribution in [-0.4, -0.2) is 23.2 Å². The smallest absolute Gasteiger partial charge is 0.416 e. The summed E-state index contributed by atoms with van der Waals surface area (Å²) in [5.41, 5.74) is -0.0854. The lowest BCUT2D eigenvalue weighted by molar-refractivity contribution is 0.178. The van der Waals surface area contributed by atoms with Crippen LogP contribution in [0.5, 0.6) is 0 Å². The summed E-state index contributed by atoms with van der Waals surface area (Å²) in [5, 5.41) is 0. The van der Waals surface area contributed by atoms with Gasteiger partial charge in [-0.15, -0.1) is 0 Å². The highest BCUT2D eigenvalue weighted by Crippen LogP contribution is 2.47. The number of aromatic nitrogens is 1. The second-order valence-electron chi connectivity index (χ2n) is 3.95. The number of carbonyl (C=O) groups is 1. The van der Waals surface area contributed by atoms with E-state index in [4.69, 9.17) is 4.74 Å². The molecule has 4 nitrogen and oxygen atoms in total. The first-order chi connectivity index (χ1) is 7.21. The van der Waals surface area contributed by atoms with Crippen LogP contribution in [0.1, 0.15) is 12.8 Å². The van der Waals surface area contributed by atoms with Gasteiger partial charge in [0.2, 0.25) is 0 Å². The Labute approximate surface area is 95.4 Å². The molecule has 5 heteroatoms. The Hall–Kier alpha value is -1.10. The number of cyclic esters (lactones) is 1. The third-order valence-electron chi connectivity index (χ3n) is 2.89. The quantitative estimate of drug-likeness (QED) is 0.785. The van der Waals surface area contributed by atoms with Crippen molar-refractivity contribution in [1.29, 1.82) is 0 Å². The Balaban J connectivity index is 1.98. The molecule has 3 rings (SSSR count). The van der Waals surface area contributed by atoms with Crippen molar-refractivity contribution in [3.8, 4) is 0 Å². The van der Waals surface area contributed by atoms with E-state index in [2.05, 4.69) is 20.9 Å². The highest BCUT2D eigenvalue weighted by Gasteiger charge is 2.57. The van der Waals surface area contributed by atoms with Crippen molar-refractivity contribution in [3.63, 3.8) is 0 Å². The zero-order chi connectivity index (χ0) is 10.5. The van der Waals surface area contributed by atoms with Crippen LogP contribution in [0.25, 0.3) is 0 Å². The molecular formula is C10H9BrN2O2. The Morgan fingerprint density at radius 3 is 2.87 bits per heavy atom. The first-order valence-corrected chi connectivity index (χ1v) is 5.59. The average molecular weight is 269 g/mol. The van der Waals surface area contributed by atoms with Crippen LogP contribution in [0, 0.1) is 0 Å². The summed E-state index contributed by atoms with van der Waals surface area (Å²) >= 11 is 3.32. The number of halogens is 1. The van der Waals surface area contributed by atoms with Crippen molar-refractivity contribution in [1.82, 2.24) is 4.98 Å². The minimum atomic E-state index is -0.276. The first kappa shape index (κ1) is 9.15. The fraction of sp³-hybridized carbons (Fsp3) is 0.400. The van der Waals surface area contributed by atoms with Gasteiger partial charge in [-0.25, -0.2) is 9.78 Å². The molecule has 1 amide bonds. The maximum absolute atomic E-state index is 11.6. The second-order valence-corrected chi connectivity index (χ2v) is 4.86. The SMILES string of the molecule is O=C1OCC2(CC2)N1c1ccc(Br)cn1. The van der Waals surface area contributed by atoms with Gasteiger partial charge in [-0.2, -0.15) is 0 Å². The Morgan fingerprint density at radius 2 is 2.27 bits per heavy atom. The molecule has 1 aromatic rings. The van der Waals surface area contributed by atoms with E-state index >= 15 is 0 Å². The van der Waals surface area contributed by atoms with E-state index < -0.39 is 0 Å². The number of hydrogen-bond acceptors (Lipinski definition) is 3. The molecule has 0 bridgehead atoms.